The summed E-state index contributed by atoms with van der Waals surface area (Å²) in [6.07, 6.45) is 0. The third-order valence-corrected chi connectivity index (χ3v) is 4.43. The normalized spacial score (nSPS) is 15.2. The second kappa shape index (κ2) is 7.53. The van der Waals surface area contributed by atoms with E-state index in [9.17, 15) is 9.18 Å². The van der Waals surface area contributed by atoms with Crippen molar-refractivity contribution in [2.24, 2.45) is 0 Å². The summed E-state index contributed by atoms with van der Waals surface area (Å²) < 4.78 is 18.6. The predicted molar refractivity (Wildman–Crippen MR) is 93.8 cm³/mol. The molecule has 6 heteroatoms. The van der Waals surface area contributed by atoms with Crippen molar-refractivity contribution in [2.45, 2.75) is 6.54 Å². The number of methoxy groups -OCH3 is 1. The molecule has 1 aliphatic rings. The largest absolute Gasteiger partial charge is 0.494 e. The van der Waals surface area contributed by atoms with Crippen LogP contribution in [0.5, 0.6) is 5.75 Å². The van der Waals surface area contributed by atoms with E-state index in [2.05, 4.69) is 9.80 Å². The SMILES string of the molecule is COc1cc(F)ccc1N1CCN(Cc2cccc(C(=O)O)c2)CC1. The zero-order valence-corrected chi connectivity index (χ0v) is 14.1. The van der Waals surface area contributed by atoms with Crippen LogP contribution in [0.1, 0.15) is 15.9 Å². The van der Waals surface area contributed by atoms with Crippen molar-refractivity contribution in [1.82, 2.24) is 4.90 Å². The summed E-state index contributed by atoms with van der Waals surface area (Å²) in [5.41, 5.74) is 2.20. The molecule has 0 spiro atoms. The maximum absolute atomic E-state index is 13.3. The first kappa shape index (κ1) is 17.2. The number of nitrogens with zero attached hydrogens (tertiary/aromatic N) is 2. The highest BCUT2D eigenvalue weighted by molar-refractivity contribution is 5.87. The summed E-state index contributed by atoms with van der Waals surface area (Å²) in [5, 5.41) is 9.09. The molecule has 0 atom stereocenters. The molecule has 1 saturated heterocycles. The van der Waals surface area contributed by atoms with Crippen molar-refractivity contribution >= 4 is 11.7 Å². The van der Waals surface area contributed by atoms with Crippen molar-refractivity contribution in [3.05, 3.63) is 59.4 Å². The molecular formula is C19H21FN2O3. The van der Waals surface area contributed by atoms with Gasteiger partial charge in [-0.3, -0.25) is 4.90 Å². The molecule has 1 fully saturated rings. The number of aromatic carboxylic acids is 1. The van der Waals surface area contributed by atoms with Crippen LogP contribution in [-0.4, -0.2) is 49.3 Å². The van der Waals surface area contributed by atoms with Crippen molar-refractivity contribution < 1.29 is 19.0 Å². The minimum absolute atomic E-state index is 0.308. The number of rotatable bonds is 5. The standard InChI is InChI=1S/C19H21FN2O3/c1-25-18-12-16(20)5-6-17(18)22-9-7-21(8-10-22)13-14-3-2-4-15(11-14)19(23)24/h2-6,11-12H,7-10,13H2,1H3,(H,23,24). The summed E-state index contributed by atoms with van der Waals surface area (Å²) in [6, 6.07) is 11.6. The van der Waals surface area contributed by atoms with Crippen LogP contribution >= 0.6 is 0 Å². The fraction of sp³-hybridized carbons (Fsp3) is 0.316. The molecule has 5 nitrogen and oxygen atoms in total. The Morgan fingerprint density at radius 3 is 2.60 bits per heavy atom. The molecule has 25 heavy (non-hydrogen) atoms. The van der Waals surface area contributed by atoms with Crippen LogP contribution in [0.25, 0.3) is 0 Å². The molecule has 0 aliphatic carbocycles. The molecule has 3 rings (SSSR count). The third kappa shape index (κ3) is 4.09. The van der Waals surface area contributed by atoms with Gasteiger partial charge in [0.05, 0.1) is 18.4 Å². The van der Waals surface area contributed by atoms with Crippen LogP contribution in [0.2, 0.25) is 0 Å². The van der Waals surface area contributed by atoms with E-state index < -0.39 is 5.97 Å². The third-order valence-electron chi connectivity index (χ3n) is 4.43. The molecule has 1 aliphatic heterocycles. The number of hydrogen-bond acceptors (Lipinski definition) is 4. The second-order valence-electron chi connectivity index (χ2n) is 6.08. The second-order valence-corrected chi connectivity index (χ2v) is 6.08. The van der Waals surface area contributed by atoms with Gasteiger partial charge in [-0.2, -0.15) is 0 Å². The number of benzene rings is 2. The van der Waals surface area contributed by atoms with Crippen molar-refractivity contribution in [3.8, 4) is 5.75 Å². The lowest BCUT2D eigenvalue weighted by Crippen LogP contribution is -2.46. The number of halogens is 1. The summed E-state index contributed by atoms with van der Waals surface area (Å²) in [5.74, 6) is -0.671. The van der Waals surface area contributed by atoms with Crippen LogP contribution in [0.3, 0.4) is 0 Å². The lowest BCUT2D eigenvalue weighted by atomic mass is 10.1. The molecule has 2 aromatic rings. The molecule has 2 aromatic carbocycles. The van der Waals surface area contributed by atoms with Gasteiger partial charge in [0.25, 0.3) is 0 Å². The van der Waals surface area contributed by atoms with Gasteiger partial charge in [0, 0.05) is 38.8 Å². The molecule has 1 heterocycles. The molecule has 0 bridgehead atoms. The lowest BCUT2D eigenvalue weighted by molar-refractivity contribution is 0.0696. The minimum Gasteiger partial charge on any atom is -0.494 e. The van der Waals surface area contributed by atoms with E-state index in [0.29, 0.717) is 11.3 Å². The quantitative estimate of drug-likeness (QED) is 0.904. The number of carboxylic acids is 1. The minimum atomic E-state index is -0.907. The fourth-order valence-electron chi connectivity index (χ4n) is 3.12. The summed E-state index contributed by atoms with van der Waals surface area (Å²) >= 11 is 0. The number of piperazine rings is 1. The molecule has 0 amide bonds. The van der Waals surface area contributed by atoms with E-state index >= 15 is 0 Å². The van der Waals surface area contributed by atoms with Gasteiger partial charge in [-0.25, -0.2) is 9.18 Å². The average molecular weight is 344 g/mol. The van der Waals surface area contributed by atoms with Crippen molar-refractivity contribution in [3.63, 3.8) is 0 Å². The van der Waals surface area contributed by atoms with E-state index in [-0.39, 0.29) is 5.82 Å². The lowest BCUT2D eigenvalue weighted by Gasteiger charge is -2.36. The first-order valence-electron chi connectivity index (χ1n) is 8.20. The molecule has 0 radical (unpaired) electrons. The first-order valence-corrected chi connectivity index (χ1v) is 8.20. The van der Waals surface area contributed by atoms with Crippen LogP contribution in [-0.2, 0) is 6.54 Å². The van der Waals surface area contributed by atoms with E-state index in [4.69, 9.17) is 9.84 Å². The van der Waals surface area contributed by atoms with E-state index in [1.807, 2.05) is 6.07 Å². The molecule has 0 saturated carbocycles. The Morgan fingerprint density at radius 2 is 1.92 bits per heavy atom. The van der Waals surface area contributed by atoms with Gasteiger partial charge in [-0.05, 0) is 29.8 Å². The Hall–Kier alpha value is -2.60. The van der Waals surface area contributed by atoms with Gasteiger partial charge in [-0.1, -0.05) is 12.1 Å². The van der Waals surface area contributed by atoms with Gasteiger partial charge in [0.2, 0.25) is 0 Å². The summed E-state index contributed by atoms with van der Waals surface area (Å²) in [6.45, 7) is 4.02. The van der Waals surface area contributed by atoms with Gasteiger partial charge >= 0.3 is 5.97 Å². The maximum Gasteiger partial charge on any atom is 0.335 e. The topological polar surface area (TPSA) is 53.0 Å². The fourth-order valence-corrected chi connectivity index (χ4v) is 3.12. The van der Waals surface area contributed by atoms with Gasteiger partial charge < -0.3 is 14.7 Å². The monoisotopic (exact) mass is 344 g/mol. The highest BCUT2D eigenvalue weighted by Gasteiger charge is 2.20. The van der Waals surface area contributed by atoms with Gasteiger partial charge in [0.15, 0.2) is 0 Å². The zero-order chi connectivity index (χ0) is 17.8. The molecule has 1 N–H and O–H groups in total. The van der Waals surface area contributed by atoms with E-state index in [0.717, 1.165) is 44.0 Å². The average Bonchev–Trinajstić information content (AvgIpc) is 2.62. The Balaban J connectivity index is 1.62. The molecule has 0 unspecified atom stereocenters. The van der Waals surface area contributed by atoms with E-state index in [1.54, 1.807) is 31.4 Å². The highest BCUT2D eigenvalue weighted by atomic mass is 19.1. The number of ether oxygens (including phenoxy) is 1. The Kier molecular flexibility index (Phi) is 5.19. The molecule has 132 valence electrons. The van der Waals surface area contributed by atoms with Crippen LogP contribution < -0.4 is 9.64 Å². The van der Waals surface area contributed by atoms with E-state index in [1.165, 1.54) is 12.1 Å². The predicted octanol–water partition coefficient (Wildman–Crippen LogP) is 2.85. The highest BCUT2D eigenvalue weighted by Crippen LogP contribution is 2.29. The number of carboxylic acid groups (broad SMARTS) is 1. The van der Waals surface area contributed by atoms with Crippen LogP contribution in [0.15, 0.2) is 42.5 Å². The van der Waals surface area contributed by atoms with Gasteiger partial charge in [0.1, 0.15) is 11.6 Å². The molecule has 0 aromatic heterocycles. The summed E-state index contributed by atoms with van der Waals surface area (Å²) in [7, 11) is 1.55. The van der Waals surface area contributed by atoms with Crippen LogP contribution in [0.4, 0.5) is 10.1 Å². The summed E-state index contributed by atoms with van der Waals surface area (Å²) in [4.78, 5) is 15.5. The smallest absolute Gasteiger partial charge is 0.335 e. The van der Waals surface area contributed by atoms with Crippen LogP contribution in [0, 0.1) is 5.82 Å². The number of carbonyl (C=O) groups is 1. The Labute approximate surface area is 146 Å². The maximum atomic E-state index is 13.3. The number of hydrogen-bond donors (Lipinski definition) is 1. The first-order chi connectivity index (χ1) is 12.1. The Bertz CT molecular complexity index is 758. The van der Waals surface area contributed by atoms with Gasteiger partial charge in [-0.15, -0.1) is 0 Å². The molecular weight excluding hydrogens is 323 g/mol. The Morgan fingerprint density at radius 1 is 1.16 bits per heavy atom. The zero-order valence-electron chi connectivity index (χ0n) is 14.1. The number of anilines is 1. The van der Waals surface area contributed by atoms with Crippen molar-refractivity contribution in [1.29, 1.82) is 0 Å². The van der Waals surface area contributed by atoms with Crippen molar-refractivity contribution in [2.75, 3.05) is 38.2 Å².